The Hall–Kier alpha value is -1.68. The Kier molecular flexibility index (Phi) is 14.5. The minimum atomic E-state index is -0.405. The summed E-state index contributed by atoms with van der Waals surface area (Å²) in [4.78, 5) is 26.2. The van der Waals surface area contributed by atoms with Gasteiger partial charge in [-0.05, 0) is 93.9 Å². The number of phenols is 1. The molecule has 1 heterocycles. The van der Waals surface area contributed by atoms with E-state index in [1.807, 2.05) is 18.2 Å². The van der Waals surface area contributed by atoms with E-state index in [-0.39, 0.29) is 15.7 Å². The number of esters is 1. The first-order chi connectivity index (χ1) is 21.8. The largest absolute Gasteiger partial charge is 0.505 e. The molecule has 45 heavy (non-hydrogen) atoms. The second-order valence-electron chi connectivity index (χ2n) is 11.5. The molecule has 0 saturated heterocycles. The predicted molar refractivity (Wildman–Crippen MR) is 198 cm³/mol. The van der Waals surface area contributed by atoms with E-state index >= 15 is 0 Å². The molecular formula is C36H40Br4O5. The number of carbonyl (C=O) groups is 1. The fourth-order valence-corrected chi connectivity index (χ4v) is 8.10. The van der Waals surface area contributed by atoms with Gasteiger partial charge in [0.05, 0.1) is 21.1 Å². The van der Waals surface area contributed by atoms with Crippen LogP contribution in [0.2, 0.25) is 0 Å². The van der Waals surface area contributed by atoms with Crippen molar-refractivity contribution in [2.75, 3.05) is 6.61 Å². The maximum atomic E-state index is 13.4. The number of benzene rings is 3. The summed E-state index contributed by atoms with van der Waals surface area (Å²) in [6.07, 6.45) is 17.7. The summed E-state index contributed by atoms with van der Waals surface area (Å²) in [7, 11) is 0. The Morgan fingerprint density at radius 2 is 1.33 bits per heavy atom. The van der Waals surface area contributed by atoms with Crippen LogP contribution >= 0.6 is 63.7 Å². The highest BCUT2D eigenvalue weighted by Gasteiger charge is 2.27. The zero-order valence-corrected chi connectivity index (χ0v) is 32.0. The number of halogens is 4. The van der Waals surface area contributed by atoms with Crippen molar-refractivity contribution in [1.82, 2.24) is 0 Å². The molecule has 0 unspecified atom stereocenters. The number of rotatable bonds is 17. The van der Waals surface area contributed by atoms with Gasteiger partial charge >= 0.3 is 5.97 Å². The number of hydrogen-bond donors (Lipinski definition) is 1. The van der Waals surface area contributed by atoms with Gasteiger partial charge in [-0.3, -0.25) is 4.79 Å². The van der Waals surface area contributed by atoms with E-state index in [1.165, 1.54) is 70.6 Å². The van der Waals surface area contributed by atoms with Gasteiger partial charge in [0.15, 0.2) is 11.3 Å². The standard InChI is InChI=1S/C36H40Br4O5/c1-2-3-4-5-6-7-8-9-10-11-12-13-14-17-20-44-36(43)24-19-16-15-18-23(24)29-25-21-27(37)32(41)30(39)34(25)45-35-26(29)22-28(38)33(42)31(35)40/h15-16,18-19,21-22,41H,2-14,17,20H2,1H3. The lowest BCUT2D eigenvalue weighted by Crippen LogP contribution is -2.10. The van der Waals surface area contributed by atoms with Gasteiger partial charge < -0.3 is 14.3 Å². The Bertz CT molecular complexity index is 1630. The third kappa shape index (κ3) is 9.23. The van der Waals surface area contributed by atoms with E-state index < -0.39 is 5.97 Å². The van der Waals surface area contributed by atoms with Gasteiger partial charge in [0.2, 0.25) is 5.43 Å². The van der Waals surface area contributed by atoms with Crippen LogP contribution in [0.15, 0.2) is 63.5 Å². The first-order valence-electron chi connectivity index (χ1n) is 16.0. The van der Waals surface area contributed by atoms with Crippen LogP contribution in [-0.4, -0.2) is 17.7 Å². The van der Waals surface area contributed by atoms with Gasteiger partial charge in [-0.2, -0.15) is 0 Å². The van der Waals surface area contributed by atoms with E-state index in [0.29, 0.717) is 59.0 Å². The van der Waals surface area contributed by atoms with Crippen LogP contribution in [0.4, 0.5) is 0 Å². The van der Waals surface area contributed by atoms with E-state index in [2.05, 4.69) is 70.6 Å². The molecule has 1 N–H and O–H groups in total. The summed E-state index contributed by atoms with van der Waals surface area (Å²) in [5.74, 6) is -0.135. The zero-order valence-electron chi connectivity index (χ0n) is 25.7. The zero-order chi connectivity index (χ0) is 32.3. The predicted octanol–water partition coefficient (Wildman–Crippen LogP) is 13.0. The smallest absolute Gasteiger partial charge is 0.338 e. The van der Waals surface area contributed by atoms with Crippen LogP contribution in [-0.2, 0) is 4.74 Å². The van der Waals surface area contributed by atoms with E-state index in [0.717, 1.165) is 19.3 Å². The molecule has 2 aliphatic rings. The molecule has 2 aromatic carbocycles. The van der Waals surface area contributed by atoms with Gasteiger partial charge in [0.25, 0.3) is 0 Å². The first-order valence-corrected chi connectivity index (χ1v) is 19.1. The van der Waals surface area contributed by atoms with Crippen molar-refractivity contribution in [1.29, 1.82) is 0 Å². The first kappa shape index (κ1) is 36.2. The average Bonchev–Trinajstić information content (AvgIpc) is 3.04. The quantitative estimate of drug-likeness (QED) is 0.0650. The second-order valence-corrected chi connectivity index (χ2v) is 14.8. The van der Waals surface area contributed by atoms with Crippen molar-refractivity contribution in [3.8, 4) is 28.2 Å². The number of hydrogen-bond acceptors (Lipinski definition) is 5. The Morgan fingerprint density at radius 1 is 0.756 bits per heavy atom. The molecule has 0 amide bonds. The lowest BCUT2D eigenvalue weighted by atomic mass is 9.91. The summed E-state index contributed by atoms with van der Waals surface area (Å²) >= 11 is 13.7. The molecule has 0 fully saturated rings. The Labute approximate surface area is 299 Å². The molecule has 9 heteroatoms. The molecule has 5 nitrogen and oxygen atoms in total. The van der Waals surface area contributed by atoms with Crippen LogP contribution in [0.1, 0.15) is 107 Å². The van der Waals surface area contributed by atoms with Gasteiger partial charge in [0, 0.05) is 16.5 Å². The average molecular weight is 872 g/mol. The highest BCUT2D eigenvalue weighted by atomic mass is 79.9. The highest BCUT2D eigenvalue weighted by Crippen LogP contribution is 2.49. The molecule has 4 rings (SSSR count). The Morgan fingerprint density at radius 3 is 1.96 bits per heavy atom. The SMILES string of the molecule is CCCCCCCCCCCCCCCCOC(=O)c1ccccc1-c1c2cc(Br)c(=O)c(Br)c-2oc2c(Br)c(O)c(Br)cc12. The van der Waals surface area contributed by atoms with Crippen LogP contribution < -0.4 is 5.43 Å². The fourth-order valence-electron chi connectivity index (χ4n) is 5.70. The van der Waals surface area contributed by atoms with Crippen LogP contribution in [0.3, 0.4) is 0 Å². The Balaban J connectivity index is 1.40. The lowest BCUT2D eigenvalue weighted by molar-refractivity contribution is 0.0498. The van der Waals surface area contributed by atoms with E-state index in [9.17, 15) is 14.7 Å². The van der Waals surface area contributed by atoms with Crippen molar-refractivity contribution in [3.63, 3.8) is 0 Å². The topological polar surface area (TPSA) is 76.7 Å². The monoisotopic (exact) mass is 868 g/mol. The molecule has 0 aromatic heterocycles. The molecule has 1 aliphatic carbocycles. The summed E-state index contributed by atoms with van der Waals surface area (Å²) < 4.78 is 13.3. The molecule has 2 aromatic rings. The van der Waals surface area contributed by atoms with Crippen molar-refractivity contribution >= 4 is 80.7 Å². The number of phenolic OH excluding ortho intramolecular Hbond substituents is 1. The summed E-state index contributed by atoms with van der Waals surface area (Å²) in [6, 6.07) is 10.7. The van der Waals surface area contributed by atoms with Crippen LogP contribution in [0.25, 0.3) is 33.4 Å². The molecule has 0 bridgehead atoms. The number of ether oxygens (including phenoxy) is 1. The lowest BCUT2D eigenvalue weighted by Gasteiger charge is -2.19. The second kappa shape index (κ2) is 18.0. The van der Waals surface area contributed by atoms with Crippen molar-refractivity contribution in [2.24, 2.45) is 0 Å². The van der Waals surface area contributed by atoms with Crippen molar-refractivity contribution in [2.45, 2.75) is 96.8 Å². The maximum Gasteiger partial charge on any atom is 0.338 e. The summed E-state index contributed by atoms with van der Waals surface area (Å²) in [6.45, 7) is 2.62. The number of aromatic hydroxyl groups is 1. The molecule has 0 spiro atoms. The number of unbranched alkanes of at least 4 members (excludes halogenated alkanes) is 13. The van der Waals surface area contributed by atoms with Crippen LogP contribution in [0, 0.1) is 0 Å². The van der Waals surface area contributed by atoms with Crippen molar-refractivity contribution < 1.29 is 19.1 Å². The molecule has 242 valence electrons. The normalized spacial score (nSPS) is 11.5. The third-order valence-electron chi connectivity index (χ3n) is 8.17. The third-order valence-corrected chi connectivity index (χ3v) is 10.8. The minimum Gasteiger partial charge on any atom is -0.505 e. The van der Waals surface area contributed by atoms with E-state index in [4.69, 9.17) is 9.15 Å². The highest BCUT2D eigenvalue weighted by molar-refractivity contribution is 9.11. The maximum absolute atomic E-state index is 13.4. The van der Waals surface area contributed by atoms with Gasteiger partial charge in [-0.15, -0.1) is 0 Å². The van der Waals surface area contributed by atoms with E-state index in [1.54, 1.807) is 18.2 Å². The molecule has 0 radical (unpaired) electrons. The van der Waals surface area contributed by atoms with Gasteiger partial charge in [-0.25, -0.2) is 4.79 Å². The molecule has 0 atom stereocenters. The molecule has 0 saturated carbocycles. The molecule has 1 aliphatic heterocycles. The number of fused-ring (bicyclic) bond motifs is 2. The van der Waals surface area contributed by atoms with Crippen molar-refractivity contribution in [3.05, 3.63) is 70.1 Å². The summed E-state index contributed by atoms with van der Waals surface area (Å²) in [5.41, 5.74) is 2.42. The van der Waals surface area contributed by atoms with Gasteiger partial charge in [-0.1, -0.05) is 109 Å². The number of carbonyl (C=O) groups excluding carboxylic acids is 1. The molecular weight excluding hydrogens is 832 g/mol. The van der Waals surface area contributed by atoms with Gasteiger partial charge in [0.1, 0.15) is 14.7 Å². The minimum absolute atomic E-state index is 0.0343. The van der Waals surface area contributed by atoms with Crippen LogP contribution in [0.5, 0.6) is 5.75 Å². The fraction of sp³-hybridized carbons (Fsp3) is 0.444. The summed E-state index contributed by atoms with van der Waals surface area (Å²) in [5, 5.41) is 11.2.